The zero-order chi connectivity index (χ0) is 12.3. The third-order valence-electron chi connectivity index (χ3n) is 2.44. The zero-order valence-electron chi connectivity index (χ0n) is 9.58. The SMILES string of the molecule is CCNC(=O)c1ccc2c(c1)NC(=O)CCS2. The molecule has 0 saturated carbocycles. The Morgan fingerprint density at radius 1 is 1.53 bits per heavy atom. The summed E-state index contributed by atoms with van der Waals surface area (Å²) in [6, 6.07) is 5.40. The minimum atomic E-state index is -0.112. The summed E-state index contributed by atoms with van der Waals surface area (Å²) in [4.78, 5) is 24.1. The third-order valence-corrected chi connectivity index (χ3v) is 3.52. The molecule has 1 heterocycles. The van der Waals surface area contributed by atoms with E-state index in [0.717, 1.165) is 16.3 Å². The van der Waals surface area contributed by atoms with Crippen molar-refractivity contribution in [1.82, 2.24) is 5.32 Å². The van der Waals surface area contributed by atoms with Crippen molar-refractivity contribution in [1.29, 1.82) is 0 Å². The average molecular weight is 250 g/mol. The number of rotatable bonds is 2. The zero-order valence-corrected chi connectivity index (χ0v) is 10.4. The Bertz CT molecular complexity index is 460. The highest BCUT2D eigenvalue weighted by Crippen LogP contribution is 2.31. The molecule has 0 aromatic heterocycles. The highest BCUT2D eigenvalue weighted by Gasteiger charge is 2.15. The molecule has 1 aliphatic rings. The van der Waals surface area contributed by atoms with Gasteiger partial charge in [-0.1, -0.05) is 0 Å². The smallest absolute Gasteiger partial charge is 0.251 e. The van der Waals surface area contributed by atoms with Crippen LogP contribution in [0.15, 0.2) is 23.1 Å². The second-order valence-corrected chi connectivity index (χ2v) is 4.85. The molecule has 0 aliphatic carbocycles. The number of anilines is 1. The van der Waals surface area contributed by atoms with Crippen LogP contribution in [0.1, 0.15) is 23.7 Å². The molecule has 0 unspecified atom stereocenters. The normalized spacial score (nSPS) is 14.5. The molecule has 1 aromatic rings. The number of hydrogen-bond acceptors (Lipinski definition) is 3. The van der Waals surface area contributed by atoms with Crippen molar-refractivity contribution in [2.24, 2.45) is 0 Å². The van der Waals surface area contributed by atoms with Crippen LogP contribution in [-0.2, 0) is 4.79 Å². The Labute approximate surface area is 104 Å². The number of carbonyl (C=O) groups excluding carboxylic acids is 2. The van der Waals surface area contributed by atoms with Crippen LogP contribution in [0, 0.1) is 0 Å². The summed E-state index contributed by atoms with van der Waals surface area (Å²) >= 11 is 1.63. The number of amides is 2. The lowest BCUT2D eigenvalue weighted by molar-refractivity contribution is -0.115. The summed E-state index contributed by atoms with van der Waals surface area (Å²) < 4.78 is 0. The van der Waals surface area contributed by atoms with E-state index in [-0.39, 0.29) is 11.8 Å². The van der Waals surface area contributed by atoms with E-state index in [1.165, 1.54) is 0 Å². The number of hydrogen-bond donors (Lipinski definition) is 2. The standard InChI is InChI=1S/C12H14N2O2S/c1-2-13-12(16)8-3-4-10-9(7-8)14-11(15)5-6-17-10/h3-4,7H,2,5-6H2,1H3,(H,13,16)(H,14,15). The van der Waals surface area contributed by atoms with Gasteiger partial charge in [-0.05, 0) is 25.1 Å². The van der Waals surface area contributed by atoms with E-state index in [0.29, 0.717) is 18.5 Å². The second-order valence-electron chi connectivity index (χ2n) is 3.72. The molecule has 0 radical (unpaired) electrons. The van der Waals surface area contributed by atoms with Gasteiger partial charge in [0.25, 0.3) is 5.91 Å². The van der Waals surface area contributed by atoms with Gasteiger partial charge in [-0.2, -0.15) is 0 Å². The molecule has 2 N–H and O–H groups in total. The first-order valence-corrected chi connectivity index (χ1v) is 6.54. The first-order valence-electron chi connectivity index (χ1n) is 5.55. The van der Waals surface area contributed by atoms with Crippen molar-refractivity contribution in [2.75, 3.05) is 17.6 Å². The van der Waals surface area contributed by atoms with Crippen molar-refractivity contribution in [3.05, 3.63) is 23.8 Å². The van der Waals surface area contributed by atoms with Gasteiger partial charge in [0.15, 0.2) is 0 Å². The largest absolute Gasteiger partial charge is 0.352 e. The van der Waals surface area contributed by atoms with E-state index in [1.807, 2.05) is 13.0 Å². The van der Waals surface area contributed by atoms with Gasteiger partial charge in [-0.3, -0.25) is 9.59 Å². The Morgan fingerprint density at radius 2 is 2.35 bits per heavy atom. The van der Waals surface area contributed by atoms with Crippen LogP contribution in [0.4, 0.5) is 5.69 Å². The van der Waals surface area contributed by atoms with Gasteiger partial charge < -0.3 is 10.6 Å². The second kappa shape index (κ2) is 5.23. The predicted molar refractivity (Wildman–Crippen MR) is 68.4 cm³/mol. The van der Waals surface area contributed by atoms with E-state index in [1.54, 1.807) is 23.9 Å². The summed E-state index contributed by atoms with van der Waals surface area (Å²) in [6.07, 6.45) is 0.510. The van der Waals surface area contributed by atoms with Crippen LogP contribution in [-0.4, -0.2) is 24.1 Å². The van der Waals surface area contributed by atoms with Gasteiger partial charge in [0.2, 0.25) is 5.91 Å². The number of carbonyl (C=O) groups is 2. The molecular weight excluding hydrogens is 236 g/mol. The molecule has 1 aliphatic heterocycles. The number of thioether (sulfide) groups is 1. The minimum absolute atomic E-state index is 0.00398. The van der Waals surface area contributed by atoms with Crippen LogP contribution < -0.4 is 10.6 Å². The summed E-state index contributed by atoms with van der Waals surface area (Å²) in [5.74, 6) is 0.669. The maximum absolute atomic E-state index is 11.7. The molecule has 0 atom stereocenters. The van der Waals surface area contributed by atoms with Crippen molar-refractivity contribution >= 4 is 29.3 Å². The van der Waals surface area contributed by atoms with E-state index in [9.17, 15) is 9.59 Å². The van der Waals surface area contributed by atoms with Gasteiger partial charge in [-0.25, -0.2) is 0 Å². The average Bonchev–Trinajstić information content (AvgIpc) is 2.49. The highest BCUT2D eigenvalue weighted by molar-refractivity contribution is 7.99. The molecule has 1 aromatic carbocycles. The first kappa shape index (κ1) is 12.0. The Kier molecular flexibility index (Phi) is 3.68. The number of fused-ring (bicyclic) bond motifs is 1. The molecule has 0 bridgehead atoms. The fourth-order valence-electron chi connectivity index (χ4n) is 1.62. The number of nitrogens with one attached hydrogen (secondary N) is 2. The quantitative estimate of drug-likeness (QED) is 0.842. The van der Waals surface area contributed by atoms with Gasteiger partial charge in [-0.15, -0.1) is 11.8 Å². The lowest BCUT2D eigenvalue weighted by atomic mass is 10.2. The Morgan fingerprint density at radius 3 is 3.12 bits per heavy atom. The molecule has 2 rings (SSSR count). The first-order chi connectivity index (χ1) is 8.20. The van der Waals surface area contributed by atoms with Gasteiger partial charge in [0.05, 0.1) is 5.69 Å². The van der Waals surface area contributed by atoms with E-state index in [2.05, 4.69) is 10.6 Å². The lowest BCUT2D eigenvalue weighted by Crippen LogP contribution is -2.22. The highest BCUT2D eigenvalue weighted by atomic mass is 32.2. The fraction of sp³-hybridized carbons (Fsp3) is 0.333. The molecule has 17 heavy (non-hydrogen) atoms. The lowest BCUT2D eigenvalue weighted by Gasteiger charge is -2.08. The molecule has 0 saturated heterocycles. The van der Waals surface area contributed by atoms with Crippen LogP contribution in [0.5, 0.6) is 0 Å². The van der Waals surface area contributed by atoms with E-state index >= 15 is 0 Å². The maximum Gasteiger partial charge on any atom is 0.251 e. The van der Waals surface area contributed by atoms with Crippen molar-refractivity contribution in [2.45, 2.75) is 18.2 Å². The summed E-state index contributed by atoms with van der Waals surface area (Å²) in [7, 11) is 0. The van der Waals surface area contributed by atoms with E-state index in [4.69, 9.17) is 0 Å². The van der Waals surface area contributed by atoms with Gasteiger partial charge in [0.1, 0.15) is 0 Å². The molecule has 0 spiro atoms. The summed E-state index contributed by atoms with van der Waals surface area (Å²) in [6.45, 7) is 2.47. The van der Waals surface area contributed by atoms with Gasteiger partial charge in [0, 0.05) is 29.2 Å². The van der Waals surface area contributed by atoms with Crippen molar-refractivity contribution in [3.63, 3.8) is 0 Å². The topological polar surface area (TPSA) is 58.2 Å². The predicted octanol–water partition coefficient (Wildman–Crippen LogP) is 1.87. The minimum Gasteiger partial charge on any atom is -0.352 e. The molecule has 90 valence electrons. The molecule has 5 heteroatoms. The van der Waals surface area contributed by atoms with Gasteiger partial charge >= 0.3 is 0 Å². The molecule has 2 amide bonds. The van der Waals surface area contributed by atoms with Crippen molar-refractivity contribution in [3.8, 4) is 0 Å². The van der Waals surface area contributed by atoms with Crippen molar-refractivity contribution < 1.29 is 9.59 Å². The maximum atomic E-state index is 11.7. The molecule has 0 fully saturated rings. The Balaban J connectivity index is 2.29. The molecule has 4 nitrogen and oxygen atoms in total. The van der Waals surface area contributed by atoms with Crippen LogP contribution >= 0.6 is 11.8 Å². The van der Waals surface area contributed by atoms with E-state index < -0.39 is 0 Å². The third kappa shape index (κ3) is 2.79. The Hall–Kier alpha value is -1.49. The summed E-state index contributed by atoms with van der Waals surface area (Å²) in [5.41, 5.74) is 1.31. The summed E-state index contributed by atoms with van der Waals surface area (Å²) in [5, 5.41) is 5.56. The fourth-order valence-corrected chi connectivity index (χ4v) is 2.56. The van der Waals surface area contributed by atoms with Crippen LogP contribution in [0.2, 0.25) is 0 Å². The van der Waals surface area contributed by atoms with Crippen LogP contribution in [0.25, 0.3) is 0 Å². The molecular formula is C12H14N2O2S. The monoisotopic (exact) mass is 250 g/mol. The number of benzene rings is 1. The van der Waals surface area contributed by atoms with Crippen LogP contribution in [0.3, 0.4) is 0 Å².